The van der Waals surface area contributed by atoms with Crippen LogP contribution in [0, 0.1) is 0 Å². The number of carbonyl (C=O) groups excluding carboxylic acids is 2. The molecule has 0 saturated heterocycles. The highest BCUT2D eigenvalue weighted by molar-refractivity contribution is 5.91. The average Bonchev–Trinajstić information content (AvgIpc) is 2.84. The number of esters is 1. The molecule has 0 aliphatic carbocycles. The van der Waals surface area contributed by atoms with Crippen LogP contribution in [0.5, 0.6) is 5.75 Å². The van der Waals surface area contributed by atoms with Gasteiger partial charge in [-0.25, -0.2) is 4.79 Å². The molecule has 3 aromatic rings. The van der Waals surface area contributed by atoms with Crippen molar-refractivity contribution in [2.24, 2.45) is 0 Å². The van der Waals surface area contributed by atoms with E-state index in [9.17, 15) is 9.59 Å². The van der Waals surface area contributed by atoms with Gasteiger partial charge in [0.25, 0.3) is 0 Å². The van der Waals surface area contributed by atoms with Gasteiger partial charge in [0.15, 0.2) is 5.60 Å². The van der Waals surface area contributed by atoms with E-state index < -0.39 is 11.6 Å². The van der Waals surface area contributed by atoms with Crippen molar-refractivity contribution < 1.29 is 19.1 Å². The minimum absolute atomic E-state index is 0.103. The van der Waals surface area contributed by atoms with Crippen LogP contribution in [0.2, 0.25) is 0 Å². The predicted octanol–water partition coefficient (Wildman–Crippen LogP) is 5.45. The van der Waals surface area contributed by atoms with Crippen LogP contribution in [-0.4, -0.2) is 30.6 Å². The Kier molecular flexibility index (Phi) is 8.63. The summed E-state index contributed by atoms with van der Waals surface area (Å²) < 4.78 is 10.9. The normalized spacial score (nSPS) is 11.3. The third-order valence-corrected chi connectivity index (χ3v) is 5.22. The zero-order valence-electron chi connectivity index (χ0n) is 19.9. The summed E-state index contributed by atoms with van der Waals surface area (Å²) in [6, 6.07) is 25.6. The smallest absolute Gasteiger partial charge is 0.349 e. The zero-order chi connectivity index (χ0) is 24.4. The van der Waals surface area contributed by atoms with Crippen molar-refractivity contribution in [1.82, 2.24) is 5.32 Å². The first kappa shape index (κ1) is 24.8. The number of carbonyl (C=O) groups is 2. The fraction of sp³-hybridized carbons (Fsp3) is 0.241. The summed E-state index contributed by atoms with van der Waals surface area (Å²) in [6.07, 6.45) is 4.11. The molecule has 0 aliphatic rings. The molecule has 1 amide bonds. The molecule has 3 aromatic carbocycles. The molecular formula is C29H31NO4. The van der Waals surface area contributed by atoms with Crippen molar-refractivity contribution in [3.8, 4) is 16.9 Å². The SMILES string of the molecule is CCOC(=O)C(C)(C)Oc1ccc(-c2ccc(CCNC(=O)C=Cc3ccccc3)cc2)cc1. The first-order chi connectivity index (χ1) is 16.4. The molecule has 0 aromatic heterocycles. The van der Waals surface area contributed by atoms with Crippen molar-refractivity contribution in [2.75, 3.05) is 13.2 Å². The van der Waals surface area contributed by atoms with Crippen LogP contribution in [0.1, 0.15) is 31.9 Å². The summed E-state index contributed by atoms with van der Waals surface area (Å²) in [7, 11) is 0. The van der Waals surface area contributed by atoms with Gasteiger partial charge in [0.2, 0.25) is 5.91 Å². The highest BCUT2D eigenvalue weighted by Gasteiger charge is 2.31. The molecule has 0 spiro atoms. The largest absolute Gasteiger partial charge is 0.476 e. The standard InChI is InChI=1S/C29H31NO4/c1-4-33-28(32)29(2,3)34-26-17-15-25(16-18-26)24-13-10-23(11-14-24)20-21-30-27(31)19-12-22-8-6-5-7-9-22/h5-19H,4,20-21H2,1-3H3,(H,30,31). The highest BCUT2D eigenvalue weighted by Crippen LogP contribution is 2.25. The van der Waals surface area contributed by atoms with Gasteiger partial charge in [-0.1, -0.05) is 66.7 Å². The number of amides is 1. The van der Waals surface area contributed by atoms with Gasteiger partial charge >= 0.3 is 5.97 Å². The van der Waals surface area contributed by atoms with Gasteiger partial charge in [-0.3, -0.25) is 4.79 Å². The molecule has 0 radical (unpaired) electrons. The van der Waals surface area contributed by atoms with Gasteiger partial charge in [-0.15, -0.1) is 0 Å². The summed E-state index contributed by atoms with van der Waals surface area (Å²) in [6.45, 7) is 6.05. The van der Waals surface area contributed by atoms with Crippen molar-refractivity contribution >= 4 is 18.0 Å². The monoisotopic (exact) mass is 457 g/mol. The Morgan fingerprint density at radius 2 is 1.50 bits per heavy atom. The Bertz CT molecular complexity index is 1100. The molecule has 34 heavy (non-hydrogen) atoms. The van der Waals surface area contributed by atoms with E-state index in [0.717, 1.165) is 28.7 Å². The quantitative estimate of drug-likeness (QED) is 0.325. The van der Waals surface area contributed by atoms with Crippen LogP contribution in [0.25, 0.3) is 17.2 Å². The number of ether oxygens (including phenoxy) is 2. The first-order valence-electron chi connectivity index (χ1n) is 11.4. The van der Waals surface area contributed by atoms with Gasteiger partial charge in [0.1, 0.15) is 5.75 Å². The molecule has 0 fully saturated rings. The minimum atomic E-state index is -1.05. The molecule has 0 heterocycles. The van der Waals surface area contributed by atoms with Crippen LogP contribution in [0.4, 0.5) is 0 Å². The molecule has 0 unspecified atom stereocenters. The fourth-order valence-electron chi connectivity index (χ4n) is 3.35. The minimum Gasteiger partial charge on any atom is -0.476 e. The van der Waals surface area contributed by atoms with Crippen LogP contribution >= 0.6 is 0 Å². The molecule has 0 bridgehead atoms. The van der Waals surface area contributed by atoms with Gasteiger partial charge in [-0.05, 0) is 67.7 Å². The summed E-state index contributed by atoms with van der Waals surface area (Å²) in [4.78, 5) is 24.0. The van der Waals surface area contributed by atoms with Gasteiger partial charge in [0.05, 0.1) is 6.61 Å². The second-order valence-electron chi connectivity index (χ2n) is 8.34. The number of hydrogen-bond donors (Lipinski definition) is 1. The highest BCUT2D eigenvalue weighted by atomic mass is 16.6. The maximum atomic E-state index is 12.0. The van der Waals surface area contributed by atoms with Crippen molar-refractivity contribution in [1.29, 1.82) is 0 Å². The molecule has 1 N–H and O–H groups in total. The van der Waals surface area contributed by atoms with Crippen molar-refractivity contribution in [3.05, 3.63) is 96.1 Å². The number of benzene rings is 3. The lowest BCUT2D eigenvalue weighted by atomic mass is 10.0. The van der Waals surface area contributed by atoms with E-state index in [4.69, 9.17) is 9.47 Å². The molecule has 176 valence electrons. The number of hydrogen-bond acceptors (Lipinski definition) is 4. The van der Waals surface area contributed by atoms with Crippen LogP contribution in [0.15, 0.2) is 84.9 Å². The van der Waals surface area contributed by atoms with E-state index in [-0.39, 0.29) is 5.91 Å². The Morgan fingerprint density at radius 3 is 2.12 bits per heavy atom. The number of nitrogens with one attached hydrogen (secondary N) is 1. The molecule has 0 aliphatic heterocycles. The second kappa shape index (κ2) is 11.8. The lowest BCUT2D eigenvalue weighted by Gasteiger charge is -2.24. The van der Waals surface area contributed by atoms with E-state index in [0.29, 0.717) is 18.9 Å². The third kappa shape index (κ3) is 7.34. The van der Waals surface area contributed by atoms with Crippen LogP contribution in [-0.2, 0) is 20.7 Å². The van der Waals surface area contributed by atoms with Gasteiger partial charge in [-0.2, -0.15) is 0 Å². The van der Waals surface area contributed by atoms with Crippen molar-refractivity contribution in [2.45, 2.75) is 32.8 Å². The molecule has 0 atom stereocenters. The molecule has 5 nitrogen and oxygen atoms in total. The summed E-state index contributed by atoms with van der Waals surface area (Å²) in [5, 5.41) is 2.92. The average molecular weight is 458 g/mol. The van der Waals surface area contributed by atoms with Gasteiger partial charge < -0.3 is 14.8 Å². The number of rotatable bonds is 10. The lowest BCUT2D eigenvalue weighted by molar-refractivity contribution is -0.158. The first-order valence-corrected chi connectivity index (χ1v) is 11.4. The van der Waals surface area contributed by atoms with E-state index in [1.807, 2.05) is 54.6 Å². The van der Waals surface area contributed by atoms with Crippen LogP contribution in [0.3, 0.4) is 0 Å². The van der Waals surface area contributed by atoms with Gasteiger partial charge in [0, 0.05) is 12.6 Å². The summed E-state index contributed by atoms with van der Waals surface area (Å²) in [5.74, 6) is 0.113. The van der Waals surface area contributed by atoms with Crippen LogP contribution < -0.4 is 10.1 Å². The van der Waals surface area contributed by atoms with E-state index in [1.165, 1.54) is 0 Å². The Hall–Kier alpha value is -3.86. The summed E-state index contributed by atoms with van der Waals surface area (Å²) >= 11 is 0. The Morgan fingerprint density at radius 1 is 0.882 bits per heavy atom. The van der Waals surface area contributed by atoms with E-state index in [2.05, 4.69) is 29.6 Å². The topological polar surface area (TPSA) is 64.6 Å². The predicted molar refractivity (Wildman–Crippen MR) is 135 cm³/mol. The molecule has 5 heteroatoms. The maximum Gasteiger partial charge on any atom is 0.349 e. The second-order valence-corrected chi connectivity index (χ2v) is 8.34. The molecule has 0 saturated carbocycles. The van der Waals surface area contributed by atoms with E-state index in [1.54, 1.807) is 32.9 Å². The molecular weight excluding hydrogens is 426 g/mol. The van der Waals surface area contributed by atoms with Crippen molar-refractivity contribution in [3.63, 3.8) is 0 Å². The Labute approximate surface area is 201 Å². The maximum absolute atomic E-state index is 12.0. The third-order valence-electron chi connectivity index (χ3n) is 5.22. The zero-order valence-corrected chi connectivity index (χ0v) is 19.9. The summed E-state index contributed by atoms with van der Waals surface area (Å²) in [5.41, 5.74) is 3.22. The molecule has 3 rings (SSSR count). The Balaban J connectivity index is 1.49. The fourth-order valence-corrected chi connectivity index (χ4v) is 3.35. The lowest BCUT2D eigenvalue weighted by Crippen LogP contribution is -2.39. The van der Waals surface area contributed by atoms with E-state index >= 15 is 0 Å².